The van der Waals surface area contributed by atoms with Crippen molar-refractivity contribution in [2.45, 2.75) is 69.9 Å². The first-order valence-corrected chi connectivity index (χ1v) is 14.5. The predicted molar refractivity (Wildman–Crippen MR) is 150 cm³/mol. The average molecular weight is 519 g/mol. The second-order valence-corrected chi connectivity index (χ2v) is 11.7. The molecule has 4 heterocycles. The number of carbonyl (C=O) groups excluding carboxylic acids is 1. The molecule has 0 radical (unpaired) electrons. The molecular weight excluding hydrogens is 476 g/mol. The van der Waals surface area contributed by atoms with Gasteiger partial charge >= 0.3 is 0 Å². The van der Waals surface area contributed by atoms with E-state index in [1.807, 2.05) is 30.1 Å². The minimum atomic E-state index is -0.581. The second kappa shape index (κ2) is 10.9. The lowest BCUT2D eigenvalue weighted by Gasteiger charge is -2.38. The molecule has 4 aliphatic rings. The van der Waals surface area contributed by atoms with Crippen molar-refractivity contribution in [2.24, 2.45) is 0 Å². The molecule has 2 aromatic carbocycles. The van der Waals surface area contributed by atoms with Crippen molar-refractivity contribution in [1.29, 1.82) is 0 Å². The first kappa shape index (κ1) is 25.7. The minimum Gasteiger partial charge on any atom is -0.490 e. The number of rotatable bonds is 7. The lowest BCUT2D eigenvalue weighted by molar-refractivity contribution is 0.0520. The van der Waals surface area contributed by atoms with E-state index in [0.29, 0.717) is 37.3 Å². The fourth-order valence-electron chi connectivity index (χ4n) is 7.27. The second-order valence-electron chi connectivity index (χ2n) is 11.7. The van der Waals surface area contributed by atoms with Crippen molar-refractivity contribution in [3.63, 3.8) is 0 Å². The summed E-state index contributed by atoms with van der Waals surface area (Å²) in [7, 11) is 2.04. The largest absolute Gasteiger partial charge is 0.490 e. The van der Waals surface area contributed by atoms with E-state index in [4.69, 9.17) is 4.74 Å². The van der Waals surface area contributed by atoms with Crippen LogP contribution in [0.2, 0.25) is 0 Å². The summed E-state index contributed by atoms with van der Waals surface area (Å²) in [5.74, 6) is 0.852. The van der Waals surface area contributed by atoms with Crippen LogP contribution < -0.4 is 9.64 Å². The van der Waals surface area contributed by atoms with Crippen LogP contribution in [0.25, 0.3) is 0 Å². The van der Waals surface area contributed by atoms with Gasteiger partial charge in [0.2, 0.25) is 0 Å². The number of benzene rings is 2. The minimum absolute atomic E-state index is 0.00626. The van der Waals surface area contributed by atoms with Crippen molar-refractivity contribution in [3.05, 3.63) is 59.2 Å². The van der Waals surface area contributed by atoms with Gasteiger partial charge in [0.25, 0.3) is 5.91 Å². The maximum Gasteiger partial charge on any atom is 0.256 e. The van der Waals surface area contributed by atoms with Crippen LogP contribution in [0.15, 0.2) is 42.5 Å². The molecule has 6 rings (SSSR count). The summed E-state index contributed by atoms with van der Waals surface area (Å²) >= 11 is 0. The summed E-state index contributed by atoms with van der Waals surface area (Å²) in [6.45, 7) is 7.44. The van der Waals surface area contributed by atoms with E-state index in [0.717, 1.165) is 56.9 Å². The number of likely N-dealkylation sites (N-methyl/N-ethyl adjacent to an activating group) is 1. The molecule has 7 heteroatoms. The van der Waals surface area contributed by atoms with Crippen molar-refractivity contribution < 1.29 is 14.6 Å². The Bertz CT molecular complexity index is 1140. The Morgan fingerprint density at radius 3 is 2.53 bits per heavy atom. The molecule has 1 amide bonds. The summed E-state index contributed by atoms with van der Waals surface area (Å²) in [6, 6.07) is 15.8. The number of nitrogens with zero attached hydrogens (tertiary/aromatic N) is 4. The third-order valence-electron chi connectivity index (χ3n) is 9.22. The van der Waals surface area contributed by atoms with Crippen LogP contribution in [0.1, 0.15) is 54.1 Å². The fraction of sp³-hybridized carbons (Fsp3) is 0.581. The quantitative estimate of drug-likeness (QED) is 0.607. The van der Waals surface area contributed by atoms with Gasteiger partial charge in [-0.1, -0.05) is 31.2 Å². The zero-order chi connectivity index (χ0) is 26.2. The fourth-order valence-corrected chi connectivity index (χ4v) is 7.27. The number of hydrogen-bond donors (Lipinski definition) is 1. The Labute approximate surface area is 227 Å². The topological polar surface area (TPSA) is 59.5 Å². The number of anilines is 1. The van der Waals surface area contributed by atoms with E-state index in [1.165, 1.54) is 24.0 Å². The van der Waals surface area contributed by atoms with E-state index in [1.54, 1.807) is 0 Å². The molecule has 204 valence electrons. The maximum absolute atomic E-state index is 13.6. The predicted octanol–water partition coefficient (Wildman–Crippen LogP) is 3.39. The first-order valence-electron chi connectivity index (χ1n) is 14.5. The van der Waals surface area contributed by atoms with Crippen molar-refractivity contribution in [3.8, 4) is 5.75 Å². The molecule has 0 saturated carbocycles. The van der Waals surface area contributed by atoms with E-state index in [2.05, 4.69) is 45.9 Å². The number of aliphatic hydroxyl groups is 1. The molecular formula is C31H42N4O3. The van der Waals surface area contributed by atoms with Crippen molar-refractivity contribution in [1.82, 2.24) is 14.7 Å². The first-order chi connectivity index (χ1) is 18.5. The Morgan fingerprint density at radius 2 is 1.76 bits per heavy atom. The molecule has 2 unspecified atom stereocenters. The van der Waals surface area contributed by atoms with E-state index >= 15 is 0 Å². The highest BCUT2D eigenvalue weighted by molar-refractivity contribution is 6.00. The van der Waals surface area contributed by atoms with Gasteiger partial charge in [-0.05, 0) is 61.9 Å². The van der Waals surface area contributed by atoms with Gasteiger partial charge in [0.05, 0.1) is 17.4 Å². The zero-order valence-electron chi connectivity index (χ0n) is 22.9. The molecule has 7 nitrogen and oxygen atoms in total. The van der Waals surface area contributed by atoms with Crippen LogP contribution in [0.4, 0.5) is 5.69 Å². The Morgan fingerprint density at radius 1 is 1.00 bits per heavy atom. The van der Waals surface area contributed by atoms with E-state index in [-0.39, 0.29) is 12.0 Å². The summed E-state index contributed by atoms with van der Waals surface area (Å²) in [4.78, 5) is 22.5. The third-order valence-corrected chi connectivity index (χ3v) is 9.22. The Hall–Kier alpha value is -2.61. The number of hydrogen-bond acceptors (Lipinski definition) is 6. The number of aliphatic hydroxyl groups excluding tert-OH is 1. The van der Waals surface area contributed by atoms with Crippen LogP contribution in [0, 0.1) is 0 Å². The van der Waals surface area contributed by atoms with Gasteiger partial charge in [0.15, 0.2) is 0 Å². The molecule has 3 atom stereocenters. The van der Waals surface area contributed by atoms with Crippen LogP contribution in [-0.4, -0.2) is 96.3 Å². The normalized spacial score (nSPS) is 26.6. The maximum atomic E-state index is 13.6. The van der Waals surface area contributed by atoms with Crippen LogP contribution >= 0.6 is 0 Å². The van der Waals surface area contributed by atoms with Gasteiger partial charge in [-0.2, -0.15) is 0 Å². The summed E-state index contributed by atoms with van der Waals surface area (Å²) in [6.07, 6.45) is 5.41. The summed E-state index contributed by atoms with van der Waals surface area (Å²) in [5, 5.41) is 11.0. The van der Waals surface area contributed by atoms with Gasteiger partial charge in [-0.15, -0.1) is 0 Å². The Balaban J connectivity index is 1.09. The number of piperidine rings is 1. The van der Waals surface area contributed by atoms with Crippen LogP contribution in [0.3, 0.4) is 0 Å². The number of ether oxygens (including phenoxy) is 1. The van der Waals surface area contributed by atoms with Gasteiger partial charge in [-0.3, -0.25) is 14.6 Å². The van der Waals surface area contributed by atoms with Crippen LogP contribution in [-0.2, 0) is 13.0 Å². The lowest BCUT2D eigenvalue weighted by atomic mass is 9.99. The van der Waals surface area contributed by atoms with Crippen LogP contribution in [0.5, 0.6) is 5.75 Å². The smallest absolute Gasteiger partial charge is 0.256 e. The highest BCUT2D eigenvalue weighted by atomic mass is 16.5. The number of amides is 1. The third kappa shape index (κ3) is 5.16. The summed E-state index contributed by atoms with van der Waals surface area (Å²) in [5.41, 5.74) is 4.36. The average Bonchev–Trinajstić information content (AvgIpc) is 3.12. The van der Waals surface area contributed by atoms with Gasteiger partial charge in [0, 0.05) is 64.5 Å². The van der Waals surface area contributed by atoms with Gasteiger partial charge in [0.1, 0.15) is 11.9 Å². The molecule has 1 N–H and O–H groups in total. The van der Waals surface area contributed by atoms with Gasteiger partial charge in [-0.25, -0.2) is 0 Å². The standard InChI is InChI=1S/C31H42N4O3/c1-3-35-24-8-9-25(35)17-28(16-24)38-27-10-11-29-30(18-27)32(2)14-15-34(31(29)37)21-26(36)20-33-13-12-22-6-4-5-7-23(22)19-33/h4-7,10-11,18,24-26,28,36H,3,8-9,12-17,19-21H2,1-2H3/t24?,25?,26-,28?/m1/s1. The number of carbonyl (C=O) groups is 1. The van der Waals surface area contributed by atoms with Gasteiger partial charge < -0.3 is 19.6 Å². The monoisotopic (exact) mass is 518 g/mol. The molecule has 2 bridgehead atoms. The molecule has 2 aromatic rings. The zero-order valence-corrected chi connectivity index (χ0v) is 22.9. The highest BCUT2D eigenvalue weighted by Crippen LogP contribution is 2.38. The molecule has 0 aliphatic carbocycles. The lowest BCUT2D eigenvalue weighted by Crippen LogP contribution is -2.46. The van der Waals surface area contributed by atoms with Crippen molar-refractivity contribution >= 4 is 11.6 Å². The molecule has 0 aromatic heterocycles. The van der Waals surface area contributed by atoms with Crippen molar-refractivity contribution in [2.75, 3.05) is 51.2 Å². The summed E-state index contributed by atoms with van der Waals surface area (Å²) < 4.78 is 6.50. The number of fused-ring (bicyclic) bond motifs is 4. The van der Waals surface area contributed by atoms with E-state index in [9.17, 15) is 9.90 Å². The van der Waals surface area contributed by atoms with E-state index < -0.39 is 6.10 Å². The highest BCUT2D eigenvalue weighted by Gasteiger charge is 2.40. The molecule has 38 heavy (non-hydrogen) atoms. The molecule has 2 fully saturated rings. The number of β-amino-alcohol motifs (C(OH)–C–C–N with tert-alkyl or cyclic N) is 1. The SMILES string of the molecule is CCN1C2CCC1CC(Oc1ccc3c(c1)N(C)CCN(C[C@H](O)CN1CCc4ccccc4C1)C3=O)C2. The molecule has 0 spiro atoms. The Kier molecular flexibility index (Phi) is 7.34. The molecule has 2 saturated heterocycles. The molecule has 4 aliphatic heterocycles.